The minimum atomic E-state index is -0.870. The Kier molecular flexibility index (Phi) is 29.5. The molecule has 0 saturated heterocycles. The average molecular weight is 621 g/mol. The Morgan fingerprint density at radius 1 is 0.727 bits per heavy atom. The third kappa shape index (κ3) is 28.0. The van der Waals surface area contributed by atoms with Gasteiger partial charge in [-0.15, -0.1) is 58.8 Å². The standard InChI is InChI=1S/C17H32O8S8/c18-1-3-23-16(20)9-28-12-27-7-8-33(22)15-31-13-30-14-32-17(21)10-29-11-26-6-5-25-24-4-2-19/h18-19H,1-15H2. The van der Waals surface area contributed by atoms with E-state index >= 15 is 0 Å². The van der Waals surface area contributed by atoms with Gasteiger partial charge in [-0.1, -0.05) is 11.8 Å². The average Bonchev–Trinajstić information content (AvgIpc) is 2.81. The van der Waals surface area contributed by atoms with Gasteiger partial charge in [0.2, 0.25) is 0 Å². The Morgan fingerprint density at radius 3 is 2.15 bits per heavy atom. The number of carbonyl (C=O) groups excluding carboxylic acids is 2. The molecule has 0 saturated carbocycles. The fourth-order valence-electron chi connectivity index (χ4n) is 1.51. The van der Waals surface area contributed by atoms with Crippen LogP contribution in [0.25, 0.3) is 0 Å². The van der Waals surface area contributed by atoms with Crippen molar-refractivity contribution in [2.24, 2.45) is 0 Å². The van der Waals surface area contributed by atoms with Crippen molar-refractivity contribution in [1.29, 1.82) is 0 Å². The van der Waals surface area contributed by atoms with Crippen molar-refractivity contribution in [3.63, 3.8) is 0 Å². The lowest BCUT2D eigenvalue weighted by Gasteiger charge is -2.04. The van der Waals surface area contributed by atoms with Crippen molar-refractivity contribution in [3.05, 3.63) is 0 Å². The van der Waals surface area contributed by atoms with Crippen LogP contribution in [0.5, 0.6) is 0 Å². The number of aliphatic hydroxyl groups is 2. The maximum atomic E-state index is 12.0. The first-order valence-corrected chi connectivity index (χ1v) is 19.1. The Bertz CT molecular complexity index is 504. The van der Waals surface area contributed by atoms with E-state index in [9.17, 15) is 13.8 Å². The van der Waals surface area contributed by atoms with E-state index in [1.165, 1.54) is 23.5 Å². The van der Waals surface area contributed by atoms with Crippen molar-refractivity contribution in [3.8, 4) is 0 Å². The lowest BCUT2D eigenvalue weighted by molar-refractivity contribution is -0.293. The van der Waals surface area contributed by atoms with Gasteiger partial charge in [-0.2, -0.15) is 11.8 Å². The summed E-state index contributed by atoms with van der Waals surface area (Å²) < 4.78 is 16.7. The van der Waals surface area contributed by atoms with E-state index in [2.05, 4.69) is 4.89 Å². The molecule has 0 amide bonds. The molecule has 0 spiro atoms. The molecule has 8 nitrogen and oxygen atoms in total. The smallest absolute Gasteiger partial charge is 0.316 e. The summed E-state index contributed by atoms with van der Waals surface area (Å²) in [5.74, 6) is 2.60. The molecule has 196 valence electrons. The molecule has 0 radical (unpaired) electrons. The van der Waals surface area contributed by atoms with Gasteiger partial charge in [0.05, 0.1) is 36.4 Å². The van der Waals surface area contributed by atoms with E-state index in [1.807, 2.05) is 0 Å². The SMILES string of the molecule is O=C(CSCSCCS(=O)CSCSCSC(=O)CSCSCCOOCCO)OCCO. The van der Waals surface area contributed by atoms with E-state index in [4.69, 9.17) is 19.8 Å². The summed E-state index contributed by atoms with van der Waals surface area (Å²) >= 11 is 11.0. The zero-order chi connectivity index (χ0) is 24.4. The zero-order valence-corrected chi connectivity index (χ0v) is 24.7. The molecule has 0 aliphatic rings. The summed E-state index contributed by atoms with van der Waals surface area (Å²) in [6, 6.07) is 0. The van der Waals surface area contributed by atoms with Crippen molar-refractivity contribution >= 4 is 104 Å². The summed E-state index contributed by atoms with van der Waals surface area (Å²) in [7, 11) is -0.870. The quantitative estimate of drug-likeness (QED) is 0.0511. The van der Waals surface area contributed by atoms with Crippen LogP contribution in [0, 0.1) is 0 Å². The highest BCUT2D eigenvalue weighted by molar-refractivity contribution is 8.29. The van der Waals surface area contributed by atoms with Gasteiger partial charge in [-0.25, -0.2) is 9.78 Å². The van der Waals surface area contributed by atoms with Gasteiger partial charge in [0, 0.05) is 48.4 Å². The number of rotatable bonds is 25. The van der Waals surface area contributed by atoms with Crippen LogP contribution in [0.4, 0.5) is 0 Å². The first kappa shape index (κ1) is 34.6. The predicted octanol–water partition coefficient (Wildman–Crippen LogP) is 2.66. The molecule has 0 aliphatic heterocycles. The van der Waals surface area contributed by atoms with E-state index in [0.717, 1.165) is 26.8 Å². The molecule has 0 fully saturated rings. The van der Waals surface area contributed by atoms with Crippen LogP contribution in [0.15, 0.2) is 0 Å². The monoisotopic (exact) mass is 620 g/mol. The Labute approximate surface area is 228 Å². The molecule has 0 bridgehead atoms. The third-order valence-corrected chi connectivity index (χ3v) is 13.1. The summed E-state index contributed by atoms with van der Waals surface area (Å²) in [4.78, 5) is 32.6. The highest BCUT2D eigenvalue weighted by atomic mass is 32.3. The molecule has 33 heavy (non-hydrogen) atoms. The van der Waals surface area contributed by atoms with E-state index in [-0.39, 0.29) is 43.3 Å². The number of ether oxygens (including phenoxy) is 1. The number of thioether (sulfide) groups is 7. The lowest BCUT2D eigenvalue weighted by atomic mass is 10.7. The molecule has 16 heteroatoms. The fraction of sp³-hybridized carbons (Fsp3) is 0.882. The Hall–Kier alpha value is 1.58. The van der Waals surface area contributed by atoms with Gasteiger partial charge in [0.15, 0.2) is 5.12 Å². The second-order valence-corrected chi connectivity index (χ2v) is 16.1. The molecule has 0 aromatic heterocycles. The van der Waals surface area contributed by atoms with Crippen LogP contribution in [0.3, 0.4) is 0 Å². The topological polar surface area (TPSA) is 119 Å². The number of aliphatic hydroxyl groups excluding tert-OH is 2. The minimum absolute atomic E-state index is 0.0380. The zero-order valence-electron chi connectivity index (χ0n) is 18.2. The molecule has 0 aromatic rings. The first-order valence-electron chi connectivity index (χ1n) is 9.69. The third-order valence-electron chi connectivity index (χ3n) is 2.84. The summed E-state index contributed by atoms with van der Waals surface area (Å²) in [6.07, 6.45) is 0. The minimum Gasteiger partial charge on any atom is -0.463 e. The van der Waals surface area contributed by atoms with Gasteiger partial charge < -0.3 is 14.9 Å². The highest BCUT2D eigenvalue weighted by Crippen LogP contribution is 2.21. The van der Waals surface area contributed by atoms with Gasteiger partial charge in [-0.05, 0) is 0 Å². The molecular weight excluding hydrogens is 589 g/mol. The van der Waals surface area contributed by atoms with Crippen LogP contribution in [-0.4, -0.2) is 113 Å². The van der Waals surface area contributed by atoms with Crippen LogP contribution < -0.4 is 0 Å². The molecule has 1 atom stereocenters. The lowest BCUT2D eigenvalue weighted by Crippen LogP contribution is -2.10. The van der Waals surface area contributed by atoms with E-state index in [1.54, 1.807) is 58.8 Å². The number of hydrogen-bond donors (Lipinski definition) is 2. The van der Waals surface area contributed by atoms with Crippen LogP contribution in [-0.2, 0) is 34.9 Å². The second kappa shape index (κ2) is 28.2. The van der Waals surface area contributed by atoms with E-state index in [0.29, 0.717) is 28.3 Å². The van der Waals surface area contributed by atoms with Crippen molar-refractivity contribution in [2.75, 3.05) is 87.2 Å². The van der Waals surface area contributed by atoms with Gasteiger partial charge in [0.1, 0.15) is 13.2 Å². The van der Waals surface area contributed by atoms with Gasteiger partial charge >= 0.3 is 5.97 Å². The van der Waals surface area contributed by atoms with E-state index < -0.39 is 10.8 Å². The maximum absolute atomic E-state index is 12.0. The van der Waals surface area contributed by atoms with Crippen LogP contribution in [0.2, 0.25) is 0 Å². The molecule has 0 aliphatic carbocycles. The van der Waals surface area contributed by atoms with Crippen molar-refractivity contribution in [1.82, 2.24) is 0 Å². The number of hydrogen-bond acceptors (Lipinski definition) is 15. The molecule has 0 heterocycles. The summed E-state index contributed by atoms with van der Waals surface area (Å²) in [5, 5.41) is 20.9. The fourth-order valence-corrected chi connectivity index (χ4v) is 10.8. The van der Waals surface area contributed by atoms with Gasteiger partial charge in [0.25, 0.3) is 0 Å². The number of carbonyl (C=O) groups is 2. The molecule has 0 aromatic carbocycles. The van der Waals surface area contributed by atoms with Crippen LogP contribution >= 0.6 is 82.3 Å². The summed E-state index contributed by atoms with van der Waals surface area (Å²) in [5.41, 5.74) is 0. The normalized spacial score (nSPS) is 12.1. The predicted molar refractivity (Wildman–Crippen MR) is 152 cm³/mol. The molecule has 0 rings (SSSR count). The molecule has 1 unspecified atom stereocenters. The number of esters is 1. The first-order chi connectivity index (χ1) is 16.1. The Balaban J connectivity index is 3.34. The largest absolute Gasteiger partial charge is 0.463 e. The summed E-state index contributed by atoms with van der Waals surface area (Å²) in [6.45, 7) is 0.445. The molecular formula is C17H32O8S8. The highest BCUT2D eigenvalue weighted by Gasteiger charge is 2.05. The van der Waals surface area contributed by atoms with Crippen molar-refractivity contribution < 1.29 is 38.5 Å². The van der Waals surface area contributed by atoms with Crippen LogP contribution in [0.1, 0.15) is 0 Å². The van der Waals surface area contributed by atoms with Crippen molar-refractivity contribution in [2.45, 2.75) is 0 Å². The maximum Gasteiger partial charge on any atom is 0.316 e. The van der Waals surface area contributed by atoms with Gasteiger partial charge in [-0.3, -0.25) is 13.8 Å². The Morgan fingerprint density at radius 2 is 1.39 bits per heavy atom. The molecule has 2 N–H and O–H groups in total. The second-order valence-electron chi connectivity index (χ2n) is 5.48.